The summed E-state index contributed by atoms with van der Waals surface area (Å²) in [5, 5.41) is 2.72. The largest absolute Gasteiger partial charge is 0.452 e. The minimum atomic E-state index is -3.76. The van der Waals surface area contributed by atoms with E-state index in [9.17, 15) is 18.0 Å². The Balaban J connectivity index is 2.11. The van der Waals surface area contributed by atoms with Gasteiger partial charge in [0.25, 0.3) is 5.91 Å². The molecule has 26 heavy (non-hydrogen) atoms. The molecule has 0 aromatic heterocycles. The lowest BCUT2D eigenvalue weighted by Crippen LogP contribution is -2.35. The van der Waals surface area contributed by atoms with E-state index in [-0.39, 0.29) is 21.5 Å². The molecule has 1 aliphatic heterocycles. The standard InChI is InChI=1S/C17H23ClN2O5S/c1-3-12(2)19-16(21)11-25-17(22)13-6-7-14(18)15(10-13)26(23,24)20-8-4-5-9-20/h6-7,10,12H,3-5,8-9,11H2,1-2H3,(H,19,21)/t12-/m1/s1. The Morgan fingerprint density at radius 1 is 1.31 bits per heavy atom. The van der Waals surface area contributed by atoms with Crippen LogP contribution in [0.5, 0.6) is 0 Å². The highest BCUT2D eigenvalue weighted by Crippen LogP contribution is 2.28. The van der Waals surface area contributed by atoms with Crippen LogP contribution in [0.25, 0.3) is 0 Å². The lowest BCUT2D eigenvalue weighted by atomic mass is 10.2. The lowest BCUT2D eigenvalue weighted by Gasteiger charge is -2.17. The normalized spacial score (nSPS) is 16.3. The first kappa shape index (κ1) is 20.7. The highest BCUT2D eigenvalue weighted by atomic mass is 35.5. The maximum atomic E-state index is 12.7. The van der Waals surface area contributed by atoms with Crippen molar-refractivity contribution in [1.29, 1.82) is 0 Å². The van der Waals surface area contributed by atoms with Gasteiger partial charge in [-0.3, -0.25) is 4.79 Å². The van der Waals surface area contributed by atoms with Crippen molar-refractivity contribution in [1.82, 2.24) is 9.62 Å². The van der Waals surface area contributed by atoms with E-state index in [0.29, 0.717) is 13.1 Å². The molecule has 0 spiro atoms. The van der Waals surface area contributed by atoms with Crippen LogP contribution in [0.15, 0.2) is 23.1 Å². The molecule has 2 rings (SSSR count). The van der Waals surface area contributed by atoms with Crippen molar-refractivity contribution in [3.05, 3.63) is 28.8 Å². The van der Waals surface area contributed by atoms with E-state index in [2.05, 4.69) is 5.32 Å². The van der Waals surface area contributed by atoms with E-state index in [4.69, 9.17) is 16.3 Å². The van der Waals surface area contributed by atoms with Gasteiger partial charge < -0.3 is 10.1 Å². The molecule has 1 aromatic rings. The van der Waals surface area contributed by atoms with Crippen LogP contribution in [0.1, 0.15) is 43.5 Å². The Labute approximate surface area is 158 Å². The number of esters is 1. The number of amides is 1. The first-order valence-corrected chi connectivity index (χ1v) is 10.3. The second kappa shape index (κ2) is 8.83. The molecule has 1 aliphatic rings. The van der Waals surface area contributed by atoms with Gasteiger partial charge in [-0.1, -0.05) is 18.5 Å². The number of benzene rings is 1. The minimum Gasteiger partial charge on any atom is -0.452 e. The third-order valence-corrected chi connectivity index (χ3v) is 6.58. The van der Waals surface area contributed by atoms with Crippen LogP contribution in [0.3, 0.4) is 0 Å². The molecule has 7 nitrogen and oxygen atoms in total. The van der Waals surface area contributed by atoms with Gasteiger partial charge in [-0.25, -0.2) is 13.2 Å². The highest BCUT2D eigenvalue weighted by Gasteiger charge is 2.30. The van der Waals surface area contributed by atoms with E-state index >= 15 is 0 Å². The van der Waals surface area contributed by atoms with Gasteiger partial charge in [-0.05, 0) is 44.4 Å². The van der Waals surface area contributed by atoms with Crippen LogP contribution in [-0.4, -0.2) is 50.3 Å². The lowest BCUT2D eigenvalue weighted by molar-refractivity contribution is -0.124. The topological polar surface area (TPSA) is 92.8 Å². The van der Waals surface area contributed by atoms with Gasteiger partial charge in [-0.15, -0.1) is 0 Å². The van der Waals surface area contributed by atoms with Crippen molar-refractivity contribution < 1.29 is 22.7 Å². The van der Waals surface area contributed by atoms with Gasteiger partial charge in [0.05, 0.1) is 10.6 Å². The van der Waals surface area contributed by atoms with Gasteiger partial charge in [0.1, 0.15) is 4.90 Å². The Morgan fingerprint density at radius 2 is 1.96 bits per heavy atom. The molecule has 0 unspecified atom stereocenters. The number of ether oxygens (including phenoxy) is 1. The molecule has 1 saturated heterocycles. The molecule has 1 N–H and O–H groups in total. The first-order valence-electron chi connectivity index (χ1n) is 8.52. The quantitative estimate of drug-likeness (QED) is 0.706. The van der Waals surface area contributed by atoms with E-state index < -0.39 is 28.5 Å². The summed E-state index contributed by atoms with van der Waals surface area (Å²) < 4.78 is 31.7. The number of hydrogen-bond acceptors (Lipinski definition) is 5. The summed E-state index contributed by atoms with van der Waals surface area (Å²) in [5.74, 6) is -1.19. The minimum absolute atomic E-state index is 0.0195. The van der Waals surface area contributed by atoms with Crippen LogP contribution in [0.2, 0.25) is 5.02 Å². The maximum Gasteiger partial charge on any atom is 0.338 e. The van der Waals surface area contributed by atoms with Crippen molar-refractivity contribution in [3.8, 4) is 0 Å². The number of nitrogens with zero attached hydrogens (tertiary/aromatic N) is 1. The Kier molecular flexibility index (Phi) is 7.02. The number of carbonyl (C=O) groups is 2. The molecule has 1 fully saturated rings. The Bertz CT molecular complexity index is 775. The summed E-state index contributed by atoms with van der Waals surface area (Å²) in [6.07, 6.45) is 2.35. The molecular weight excluding hydrogens is 380 g/mol. The van der Waals surface area contributed by atoms with Gasteiger partial charge in [-0.2, -0.15) is 4.31 Å². The molecule has 9 heteroatoms. The number of hydrogen-bond donors (Lipinski definition) is 1. The molecule has 1 atom stereocenters. The van der Waals surface area contributed by atoms with Crippen LogP contribution in [0, 0.1) is 0 Å². The molecule has 0 bridgehead atoms. The highest BCUT2D eigenvalue weighted by molar-refractivity contribution is 7.89. The van der Waals surface area contributed by atoms with Crippen LogP contribution in [-0.2, 0) is 19.6 Å². The van der Waals surface area contributed by atoms with E-state index in [0.717, 1.165) is 19.3 Å². The van der Waals surface area contributed by atoms with Crippen molar-refractivity contribution >= 4 is 33.5 Å². The Hall–Kier alpha value is -1.64. The van der Waals surface area contributed by atoms with E-state index in [1.54, 1.807) is 0 Å². The molecular formula is C17H23ClN2O5S. The zero-order chi connectivity index (χ0) is 19.3. The van der Waals surface area contributed by atoms with Crippen molar-refractivity contribution in [3.63, 3.8) is 0 Å². The molecule has 0 radical (unpaired) electrons. The van der Waals surface area contributed by atoms with Gasteiger partial charge >= 0.3 is 5.97 Å². The summed E-state index contributed by atoms with van der Waals surface area (Å²) in [5.41, 5.74) is 0.0310. The number of rotatable bonds is 7. The summed E-state index contributed by atoms with van der Waals surface area (Å²) in [6, 6.07) is 3.90. The SMILES string of the molecule is CC[C@@H](C)NC(=O)COC(=O)c1ccc(Cl)c(S(=O)(=O)N2CCCC2)c1. The van der Waals surface area contributed by atoms with Crippen molar-refractivity contribution in [2.75, 3.05) is 19.7 Å². The average molecular weight is 403 g/mol. The fourth-order valence-corrected chi connectivity index (χ4v) is 4.55. The van der Waals surface area contributed by atoms with Gasteiger partial charge in [0, 0.05) is 19.1 Å². The molecule has 1 aromatic carbocycles. The summed E-state index contributed by atoms with van der Waals surface area (Å²) in [6.45, 7) is 4.20. The second-order valence-electron chi connectivity index (χ2n) is 6.21. The third-order valence-electron chi connectivity index (χ3n) is 4.20. The molecule has 0 saturated carbocycles. The number of halogens is 1. The fourth-order valence-electron chi connectivity index (χ4n) is 2.53. The predicted octanol–water partition coefficient (Wildman–Crippen LogP) is 2.20. The zero-order valence-electron chi connectivity index (χ0n) is 14.8. The monoisotopic (exact) mass is 402 g/mol. The first-order chi connectivity index (χ1) is 12.3. The summed E-state index contributed by atoms with van der Waals surface area (Å²) >= 11 is 6.04. The van der Waals surface area contributed by atoms with Crippen LogP contribution < -0.4 is 5.32 Å². The number of sulfonamides is 1. The van der Waals surface area contributed by atoms with Gasteiger partial charge in [0.15, 0.2) is 6.61 Å². The molecule has 0 aliphatic carbocycles. The van der Waals surface area contributed by atoms with Crippen LogP contribution >= 0.6 is 11.6 Å². The third kappa shape index (κ3) is 4.96. The fraction of sp³-hybridized carbons (Fsp3) is 0.529. The second-order valence-corrected chi connectivity index (χ2v) is 8.52. The molecule has 1 heterocycles. The van der Waals surface area contributed by atoms with E-state index in [1.807, 2.05) is 13.8 Å². The van der Waals surface area contributed by atoms with Crippen molar-refractivity contribution in [2.24, 2.45) is 0 Å². The predicted molar refractivity (Wildman–Crippen MR) is 97.6 cm³/mol. The molecule has 144 valence electrons. The number of carbonyl (C=O) groups excluding carboxylic acids is 2. The number of nitrogens with one attached hydrogen (secondary N) is 1. The smallest absolute Gasteiger partial charge is 0.338 e. The van der Waals surface area contributed by atoms with Gasteiger partial charge in [0.2, 0.25) is 10.0 Å². The van der Waals surface area contributed by atoms with Crippen LogP contribution in [0.4, 0.5) is 0 Å². The van der Waals surface area contributed by atoms with E-state index in [1.165, 1.54) is 22.5 Å². The van der Waals surface area contributed by atoms with Crippen molar-refractivity contribution in [2.45, 2.75) is 44.0 Å². The summed E-state index contributed by atoms with van der Waals surface area (Å²) in [7, 11) is -3.76. The Morgan fingerprint density at radius 3 is 2.58 bits per heavy atom. The average Bonchev–Trinajstić information content (AvgIpc) is 3.15. The summed E-state index contributed by atoms with van der Waals surface area (Å²) in [4.78, 5) is 23.7. The molecule has 1 amide bonds. The zero-order valence-corrected chi connectivity index (χ0v) is 16.4. The maximum absolute atomic E-state index is 12.7.